The minimum Gasteiger partial charge on any atom is -0.478 e. The smallest absolute Gasteiger partial charge is 0.332 e. The van der Waals surface area contributed by atoms with Crippen LogP contribution in [0.2, 0.25) is 0 Å². The summed E-state index contributed by atoms with van der Waals surface area (Å²) in [6.45, 7) is 7.77. The third-order valence-electron chi connectivity index (χ3n) is 1.19. The number of carbonyl (C=O) groups excluding carboxylic acids is 1. The molecule has 0 amide bonds. The van der Waals surface area contributed by atoms with E-state index in [1.54, 1.807) is 0 Å². The molecule has 0 aromatic heterocycles. The summed E-state index contributed by atoms with van der Waals surface area (Å²) in [4.78, 5) is 30.0. The first-order valence-electron chi connectivity index (χ1n) is 4.41. The van der Waals surface area contributed by atoms with Gasteiger partial charge in [0.2, 0.25) is 0 Å². The number of aliphatic carboxylic acids is 2. The van der Waals surface area contributed by atoms with Crippen molar-refractivity contribution in [1.82, 2.24) is 0 Å². The Kier molecular flexibility index (Phi) is 10.2. The molecular formula is C11H14O6. The van der Waals surface area contributed by atoms with Crippen LogP contribution in [0.25, 0.3) is 0 Å². The van der Waals surface area contributed by atoms with Crippen LogP contribution >= 0.6 is 0 Å². The van der Waals surface area contributed by atoms with Crippen molar-refractivity contribution >= 4 is 17.9 Å². The van der Waals surface area contributed by atoms with E-state index in [2.05, 4.69) is 17.9 Å². The SMILES string of the molecule is C=CCC(=CC(=O)O)C(=O)O.C=COC(C)=O. The number of carboxylic acids is 2. The predicted octanol–water partition coefficient (Wildman–Crippen LogP) is 1.35. The molecule has 0 fully saturated rings. The Bertz CT molecular complexity index is 340. The van der Waals surface area contributed by atoms with Crippen LogP contribution in [-0.4, -0.2) is 28.1 Å². The quantitative estimate of drug-likeness (QED) is 0.326. The number of allylic oxidation sites excluding steroid dienone is 1. The van der Waals surface area contributed by atoms with Gasteiger partial charge in [-0.2, -0.15) is 0 Å². The fourth-order valence-corrected chi connectivity index (χ4v) is 0.630. The van der Waals surface area contributed by atoms with Gasteiger partial charge in [-0.15, -0.1) is 6.58 Å². The molecule has 0 aromatic rings. The van der Waals surface area contributed by atoms with Gasteiger partial charge < -0.3 is 14.9 Å². The lowest BCUT2D eigenvalue weighted by atomic mass is 10.2. The summed E-state index contributed by atoms with van der Waals surface area (Å²) >= 11 is 0. The lowest BCUT2D eigenvalue weighted by Gasteiger charge is -1.93. The zero-order valence-corrected chi connectivity index (χ0v) is 9.38. The van der Waals surface area contributed by atoms with Gasteiger partial charge in [0.25, 0.3) is 0 Å². The summed E-state index contributed by atoms with van der Waals surface area (Å²) in [7, 11) is 0. The number of esters is 1. The lowest BCUT2D eigenvalue weighted by Crippen LogP contribution is -2.02. The van der Waals surface area contributed by atoms with E-state index in [4.69, 9.17) is 10.2 Å². The molecule has 0 spiro atoms. The number of rotatable bonds is 5. The summed E-state index contributed by atoms with van der Waals surface area (Å²) < 4.78 is 4.17. The Morgan fingerprint density at radius 3 is 1.94 bits per heavy atom. The molecule has 2 N–H and O–H groups in total. The van der Waals surface area contributed by atoms with Crippen LogP contribution in [0.5, 0.6) is 0 Å². The number of ether oxygens (including phenoxy) is 1. The largest absolute Gasteiger partial charge is 0.478 e. The topological polar surface area (TPSA) is 101 Å². The summed E-state index contributed by atoms with van der Waals surface area (Å²) in [6.07, 6.45) is 3.15. The van der Waals surface area contributed by atoms with E-state index in [1.165, 1.54) is 13.0 Å². The van der Waals surface area contributed by atoms with E-state index in [0.29, 0.717) is 6.08 Å². The van der Waals surface area contributed by atoms with Crippen LogP contribution in [0.1, 0.15) is 13.3 Å². The van der Waals surface area contributed by atoms with Crippen LogP contribution in [-0.2, 0) is 19.1 Å². The monoisotopic (exact) mass is 242 g/mol. The maximum Gasteiger partial charge on any atom is 0.332 e. The third kappa shape index (κ3) is 13.6. The third-order valence-corrected chi connectivity index (χ3v) is 1.19. The van der Waals surface area contributed by atoms with Gasteiger partial charge >= 0.3 is 17.9 Å². The maximum atomic E-state index is 10.2. The summed E-state index contributed by atoms with van der Waals surface area (Å²) in [5, 5.41) is 16.6. The van der Waals surface area contributed by atoms with Crippen molar-refractivity contribution in [1.29, 1.82) is 0 Å². The minimum atomic E-state index is -1.26. The molecule has 0 heterocycles. The summed E-state index contributed by atoms with van der Waals surface area (Å²) in [5.41, 5.74) is -0.174. The molecule has 0 aliphatic carbocycles. The van der Waals surface area contributed by atoms with Crippen molar-refractivity contribution in [3.8, 4) is 0 Å². The molecule has 0 radical (unpaired) electrons. The first-order chi connectivity index (χ1) is 7.84. The van der Waals surface area contributed by atoms with Gasteiger partial charge in [0.1, 0.15) is 0 Å². The molecule has 6 heteroatoms. The highest BCUT2D eigenvalue weighted by Gasteiger charge is 2.06. The normalized spacial score (nSPS) is 9.35. The highest BCUT2D eigenvalue weighted by molar-refractivity contribution is 5.94. The van der Waals surface area contributed by atoms with Crippen molar-refractivity contribution in [2.45, 2.75) is 13.3 Å². The van der Waals surface area contributed by atoms with Crippen molar-refractivity contribution in [3.63, 3.8) is 0 Å². The molecular weight excluding hydrogens is 228 g/mol. The second-order valence-corrected chi connectivity index (χ2v) is 2.58. The summed E-state index contributed by atoms with van der Waals surface area (Å²) in [5.74, 6) is -2.82. The second kappa shape index (κ2) is 10.2. The highest BCUT2D eigenvalue weighted by atomic mass is 16.5. The van der Waals surface area contributed by atoms with Gasteiger partial charge in [-0.25, -0.2) is 9.59 Å². The average molecular weight is 242 g/mol. The van der Waals surface area contributed by atoms with Gasteiger partial charge in [0.05, 0.1) is 6.26 Å². The molecule has 0 aliphatic heterocycles. The zero-order chi connectivity index (χ0) is 13.8. The van der Waals surface area contributed by atoms with E-state index in [1.807, 2.05) is 0 Å². The van der Waals surface area contributed by atoms with Gasteiger partial charge in [0, 0.05) is 18.6 Å². The fraction of sp³-hybridized carbons (Fsp3) is 0.182. The molecule has 0 bridgehead atoms. The Morgan fingerprint density at radius 2 is 1.76 bits per heavy atom. The molecule has 0 saturated carbocycles. The molecule has 0 atom stereocenters. The molecule has 0 unspecified atom stereocenters. The van der Waals surface area contributed by atoms with Crippen molar-refractivity contribution in [2.24, 2.45) is 0 Å². The van der Waals surface area contributed by atoms with Crippen molar-refractivity contribution in [2.75, 3.05) is 0 Å². The fourth-order valence-electron chi connectivity index (χ4n) is 0.630. The van der Waals surface area contributed by atoms with E-state index in [0.717, 1.165) is 6.26 Å². The zero-order valence-electron chi connectivity index (χ0n) is 9.38. The number of hydrogen-bond donors (Lipinski definition) is 2. The van der Waals surface area contributed by atoms with Crippen LogP contribution < -0.4 is 0 Å². The Morgan fingerprint density at radius 1 is 1.24 bits per heavy atom. The molecule has 17 heavy (non-hydrogen) atoms. The Labute approximate surface area is 98.5 Å². The van der Waals surface area contributed by atoms with Crippen molar-refractivity contribution < 1.29 is 29.3 Å². The van der Waals surface area contributed by atoms with Gasteiger partial charge in [-0.3, -0.25) is 4.79 Å². The predicted molar refractivity (Wildman–Crippen MR) is 60.1 cm³/mol. The minimum absolute atomic E-state index is 0.0572. The Hall–Kier alpha value is -2.37. The molecule has 94 valence electrons. The summed E-state index contributed by atoms with van der Waals surface area (Å²) in [6, 6.07) is 0. The molecule has 0 saturated heterocycles. The number of carbonyl (C=O) groups is 3. The van der Waals surface area contributed by atoms with Crippen LogP contribution in [0, 0.1) is 0 Å². The average Bonchev–Trinajstić information content (AvgIpc) is 2.16. The van der Waals surface area contributed by atoms with Gasteiger partial charge in [-0.05, 0) is 6.42 Å². The highest BCUT2D eigenvalue weighted by Crippen LogP contribution is 2.01. The van der Waals surface area contributed by atoms with E-state index < -0.39 is 11.9 Å². The van der Waals surface area contributed by atoms with E-state index in [-0.39, 0.29) is 18.0 Å². The maximum absolute atomic E-state index is 10.2. The second-order valence-electron chi connectivity index (χ2n) is 2.58. The van der Waals surface area contributed by atoms with Crippen LogP contribution in [0.4, 0.5) is 0 Å². The van der Waals surface area contributed by atoms with Gasteiger partial charge in [-0.1, -0.05) is 12.7 Å². The Balaban J connectivity index is 0. The molecule has 0 aliphatic rings. The van der Waals surface area contributed by atoms with E-state index >= 15 is 0 Å². The standard InChI is InChI=1S/C7H8O4.C4H6O2/c1-2-3-5(7(10)11)4-6(8)9;1-3-6-4(2)5/h2,4H,1,3H2,(H,8,9)(H,10,11);3H,1H2,2H3. The van der Waals surface area contributed by atoms with Crippen LogP contribution in [0.15, 0.2) is 37.1 Å². The lowest BCUT2D eigenvalue weighted by molar-refractivity contribution is -0.135. The number of carboxylic acid groups (broad SMARTS) is 2. The first-order valence-corrected chi connectivity index (χ1v) is 4.41. The van der Waals surface area contributed by atoms with E-state index in [9.17, 15) is 14.4 Å². The number of hydrogen-bond acceptors (Lipinski definition) is 4. The molecule has 0 aromatic carbocycles. The first kappa shape index (κ1) is 17.0. The van der Waals surface area contributed by atoms with Gasteiger partial charge in [0.15, 0.2) is 0 Å². The molecule has 0 rings (SSSR count). The molecule has 6 nitrogen and oxygen atoms in total. The van der Waals surface area contributed by atoms with Crippen molar-refractivity contribution in [3.05, 3.63) is 37.1 Å². The van der Waals surface area contributed by atoms with Crippen LogP contribution in [0.3, 0.4) is 0 Å².